The summed E-state index contributed by atoms with van der Waals surface area (Å²) in [5.74, 6) is -0.274. The van der Waals surface area contributed by atoms with Gasteiger partial charge in [0.2, 0.25) is 5.91 Å². The van der Waals surface area contributed by atoms with Crippen LogP contribution in [0.1, 0.15) is 58.3 Å². The van der Waals surface area contributed by atoms with Gasteiger partial charge in [-0.25, -0.2) is 4.79 Å². The van der Waals surface area contributed by atoms with Crippen molar-refractivity contribution < 1.29 is 14.7 Å². The largest absolute Gasteiger partial charge is 0.480 e. The van der Waals surface area contributed by atoms with Gasteiger partial charge < -0.3 is 16.2 Å². The molecule has 2 saturated carbocycles. The third-order valence-electron chi connectivity index (χ3n) is 5.61. The monoisotopic (exact) mass is 296 g/mol. The number of hydrogen-bond acceptors (Lipinski definition) is 3. The Kier molecular flexibility index (Phi) is 5.25. The maximum absolute atomic E-state index is 12.5. The van der Waals surface area contributed by atoms with Gasteiger partial charge in [-0.15, -0.1) is 0 Å². The van der Waals surface area contributed by atoms with Crippen LogP contribution in [-0.2, 0) is 9.59 Å². The predicted molar refractivity (Wildman–Crippen MR) is 80.6 cm³/mol. The van der Waals surface area contributed by atoms with Gasteiger partial charge in [-0.1, -0.05) is 19.8 Å². The minimum atomic E-state index is -1.05. The van der Waals surface area contributed by atoms with Crippen molar-refractivity contribution in [2.75, 3.05) is 6.54 Å². The van der Waals surface area contributed by atoms with Gasteiger partial charge in [0.1, 0.15) is 5.54 Å². The fourth-order valence-electron chi connectivity index (χ4n) is 3.96. The highest BCUT2D eigenvalue weighted by molar-refractivity contribution is 5.88. The molecule has 0 radical (unpaired) electrons. The van der Waals surface area contributed by atoms with Crippen molar-refractivity contribution in [1.82, 2.24) is 5.32 Å². The van der Waals surface area contributed by atoms with E-state index < -0.39 is 11.5 Å². The molecule has 2 atom stereocenters. The highest BCUT2D eigenvalue weighted by atomic mass is 16.4. The highest BCUT2D eigenvalue weighted by Gasteiger charge is 2.45. The molecule has 1 amide bonds. The second-order valence-corrected chi connectivity index (χ2v) is 6.76. The molecule has 0 heterocycles. The van der Waals surface area contributed by atoms with Crippen LogP contribution in [0.4, 0.5) is 0 Å². The molecular weight excluding hydrogens is 268 g/mol. The van der Waals surface area contributed by atoms with Crippen molar-refractivity contribution in [1.29, 1.82) is 0 Å². The van der Waals surface area contributed by atoms with Crippen molar-refractivity contribution in [3.63, 3.8) is 0 Å². The quantitative estimate of drug-likeness (QED) is 0.722. The van der Waals surface area contributed by atoms with Gasteiger partial charge in [0, 0.05) is 5.92 Å². The smallest absolute Gasteiger partial charge is 0.329 e. The van der Waals surface area contributed by atoms with Crippen molar-refractivity contribution in [3.8, 4) is 0 Å². The lowest BCUT2D eigenvalue weighted by Gasteiger charge is -2.38. The molecule has 5 nitrogen and oxygen atoms in total. The first-order chi connectivity index (χ1) is 10.0. The Hall–Kier alpha value is -1.10. The van der Waals surface area contributed by atoms with E-state index in [2.05, 4.69) is 12.2 Å². The molecule has 0 aromatic carbocycles. The molecule has 5 heteroatoms. The zero-order chi connectivity index (χ0) is 15.5. The first kappa shape index (κ1) is 16.3. The molecule has 2 fully saturated rings. The number of carboxylic acid groups (broad SMARTS) is 1. The summed E-state index contributed by atoms with van der Waals surface area (Å²) in [5.41, 5.74) is 4.68. The molecule has 2 aliphatic carbocycles. The third-order valence-corrected chi connectivity index (χ3v) is 5.61. The van der Waals surface area contributed by atoms with E-state index in [9.17, 15) is 14.7 Å². The number of amides is 1. The zero-order valence-corrected chi connectivity index (χ0v) is 12.9. The summed E-state index contributed by atoms with van der Waals surface area (Å²) in [4.78, 5) is 24.2. The van der Waals surface area contributed by atoms with Crippen molar-refractivity contribution >= 4 is 11.9 Å². The molecule has 0 saturated heterocycles. The van der Waals surface area contributed by atoms with E-state index in [0.717, 1.165) is 38.5 Å². The topological polar surface area (TPSA) is 92.4 Å². The van der Waals surface area contributed by atoms with E-state index in [1.807, 2.05) is 0 Å². The molecule has 4 N–H and O–H groups in total. The number of carbonyl (C=O) groups excluding carboxylic acids is 1. The number of carboxylic acids is 1. The number of hydrogen-bond donors (Lipinski definition) is 3. The summed E-state index contributed by atoms with van der Waals surface area (Å²) in [6, 6.07) is 0. The van der Waals surface area contributed by atoms with E-state index in [0.29, 0.717) is 25.3 Å². The van der Waals surface area contributed by atoms with Crippen molar-refractivity contribution in [3.05, 3.63) is 0 Å². The van der Waals surface area contributed by atoms with Gasteiger partial charge in [-0.3, -0.25) is 4.79 Å². The maximum atomic E-state index is 12.5. The predicted octanol–water partition coefficient (Wildman–Crippen LogP) is 1.90. The molecule has 2 rings (SSSR count). The average Bonchev–Trinajstić information content (AvgIpc) is 2.96. The molecule has 2 aliphatic rings. The molecule has 0 aliphatic heterocycles. The summed E-state index contributed by atoms with van der Waals surface area (Å²) >= 11 is 0. The molecule has 0 spiro atoms. The number of rotatable bonds is 5. The molecule has 2 unspecified atom stereocenters. The second-order valence-electron chi connectivity index (χ2n) is 6.76. The van der Waals surface area contributed by atoms with Gasteiger partial charge in [-0.2, -0.15) is 0 Å². The fraction of sp³-hybridized carbons (Fsp3) is 0.875. The van der Waals surface area contributed by atoms with E-state index in [1.165, 1.54) is 0 Å². The van der Waals surface area contributed by atoms with Gasteiger partial charge in [0.25, 0.3) is 0 Å². The Labute approximate surface area is 126 Å². The van der Waals surface area contributed by atoms with Crippen LogP contribution >= 0.6 is 0 Å². The lowest BCUT2D eigenvalue weighted by molar-refractivity contribution is -0.150. The minimum Gasteiger partial charge on any atom is -0.480 e. The lowest BCUT2D eigenvalue weighted by Crippen LogP contribution is -2.58. The number of aliphatic carboxylic acids is 1. The molecule has 0 bridgehead atoms. The second kappa shape index (κ2) is 6.77. The Morgan fingerprint density at radius 2 is 1.90 bits per heavy atom. The Balaban J connectivity index is 2.03. The van der Waals surface area contributed by atoms with Crippen LogP contribution in [-0.4, -0.2) is 29.1 Å². The normalized spacial score (nSPS) is 36.4. The van der Waals surface area contributed by atoms with Crippen LogP contribution in [0.2, 0.25) is 0 Å². The maximum Gasteiger partial charge on any atom is 0.329 e. The third kappa shape index (κ3) is 3.39. The molecular formula is C16H28N2O3. The standard InChI is InChI=1S/C16H28N2O3/c1-2-11-6-8-16(9-7-11,15(20)21)18-14(19)13-5-3-4-12(13)10-17/h11-13H,2-10,17H2,1H3,(H,18,19)(H,20,21). The van der Waals surface area contributed by atoms with Crippen LogP contribution in [0.5, 0.6) is 0 Å². The number of nitrogens with one attached hydrogen (secondary N) is 1. The van der Waals surface area contributed by atoms with E-state index in [4.69, 9.17) is 5.73 Å². The molecule has 0 aromatic rings. The summed E-state index contributed by atoms with van der Waals surface area (Å²) in [6.07, 6.45) is 6.77. The highest BCUT2D eigenvalue weighted by Crippen LogP contribution is 2.36. The summed E-state index contributed by atoms with van der Waals surface area (Å²) in [6.45, 7) is 2.65. The molecule has 21 heavy (non-hydrogen) atoms. The summed E-state index contributed by atoms with van der Waals surface area (Å²) < 4.78 is 0. The van der Waals surface area contributed by atoms with Gasteiger partial charge in [0.15, 0.2) is 0 Å². The van der Waals surface area contributed by atoms with Gasteiger partial charge >= 0.3 is 5.97 Å². The zero-order valence-electron chi connectivity index (χ0n) is 12.9. The number of nitrogens with two attached hydrogens (primary N) is 1. The van der Waals surface area contributed by atoms with Gasteiger partial charge in [-0.05, 0) is 56.9 Å². The first-order valence-electron chi connectivity index (χ1n) is 8.28. The Morgan fingerprint density at radius 1 is 1.24 bits per heavy atom. The van der Waals surface area contributed by atoms with E-state index in [1.54, 1.807) is 0 Å². The van der Waals surface area contributed by atoms with Crippen LogP contribution in [0.3, 0.4) is 0 Å². The SMILES string of the molecule is CCC1CCC(NC(=O)C2CCCC2CN)(C(=O)O)CC1. The summed E-state index contributed by atoms with van der Waals surface area (Å²) in [7, 11) is 0. The van der Waals surface area contributed by atoms with Gasteiger partial charge in [0.05, 0.1) is 0 Å². The summed E-state index contributed by atoms with van der Waals surface area (Å²) in [5, 5.41) is 12.5. The van der Waals surface area contributed by atoms with Crippen LogP contribution in [0.15, 0.2) is 0 Å². The lowest BCUT2D eigenvalue weighted by atomic mass is 9.75. The minimum absolute atomic E-state index is 0.0969. The molecule has 120 valence electrons. The van der Waals surface area contributed by atoms with Crippen LogP contribution in [0.25, 0.3) is 0 Å². The van der Waals surface area contributed by atoms with Crippen LogP contribution in [0, 0.1) is 17.8 Å². The average molecular weight is 296 g/mol. The fourth-order valence-corrected chi connectivity index (χ4v) is 3.96. The Morgan fingerprint density at radius 3 is 2.43 bits per heavy atom. The Bertz CT molecular complexity index is 389. The van der Waals surface area contributed by atoms with Crippen molar-refractivity contribution in [2.45, 2.75) is 63.8 Å². The van der Waals surface area contributed by atoms with Crippen LogP contribution < -0.4 is 11.1 Å². The van der Waals surface area contributed by atoms with E-state index >= 15 is 0 Å². The first-order valence-corrected chi connectivity index (χ1v) is 8.28. The van der Waals surface area contributed by atoms with Crippen molar-refractivity contribution in [2.24, 2.45) is 23.5 Å². The molecule has 0 aromatic heterocycles. The van der Waals surface area contributed by atoms with E-state index in [-0.39, 0.29) is 17.7 Å². The number of carbonyl (C=O) groups is 2.